The van der Waals surface area contributed by atoms with Crippen LogP contribution in [0.25, 0.3) is 0 Å². The number of hydrogen-bond acceptors (Lipinski definition) is 2. The molecule has 0 N–H and O–H groups in total. The lowest BCUT2D eigenvalue weighted by atomic mass is 10.1. The molecule has 3 heteroatoms. The van der Waals surface area contributed by atoms with Crippen LogP contribution in [0.4, 0.5) is 0 Å². The second-order valence-corrected chi connectivity index (χ2v) is 5.32. The van der Waals surface area contributed by atoms with E-state index in [-0.39, 0.29) is 4.83 Å². The number of rotatable bonds is 4. The van der Waals surface area contributed by atoms with Crippen molar-refractivity contribution in [1.29, 1.82) is 0 Å². The van der Waals surface area contributed by atoms with Gasteiger partial charge in [0.2, 0.25) is 0 Å². The van der Waals surface area contributed by atoms with E-state index in [0.29, 0.717) is 0 Å². The van der Waals surface area contributed by atoms with Gasteiger partial charge in [0.1, 0.15) is 5.75 Å². The van der Waals surface area contributed by atoms with Gasteiger partial charge in [-0.15, -0.1) is 0 Å². The van der Waals surface area contributed by atoms with Crippen molar-refractivity contribution < 1.29 is 4.74 Å². The Morgan fingerprint density at radius 2 is 1.94 bits per heavy atom. The number of methoxy groups -OCH3 is 1. The molecule has 1 atom stereocenters. The highest BCUT2D eigenvalue weighted by molar-refractivity contribution is 9.09. The van der Waals surface area contributed by atoms with E-state index in [2.05, 4.69) is 46.0 Å². The van der Waals surface area contributed by atoms with Crippen LogP contribution in [0.15, 0.2) is 42.6 Å². The summed E-state index contributed by atoms with van der Waals surface area (Å²) < 4.78 is 5.16. The van der Waals surface area contributed by atoms with Crippen LogP contribution < -0.4 is 4.74 Å². The van der Waals surface area contributed by atoms with Crippen LogP contribution in [0.2, 0.25) is 0 Å². The van der Waals surface area contributed by atoms with E-state index >= 15 is 0 Å². The Bertz CT molecular complexity index is 510. The van der Waals surface area contributed by atoms with Crippen molar-refractivity contribution in [2.45, 2.75) is 18.2 Å². The van der Waals surface area contributed by atoms with Gasteiger partial charge in [-0.2, -0.15) is 0 Å². The van der Waals surface area contributed by atoms with E-state index < -0.39 is 0 Å². The fraction of sp³-hybridized carbons (Fsp3) is 0.267. The molecule has 0 radical (unpaired) electrons. The third-order valence-electron chi connectivity index (χ3n) is 2.97. The van der Waals surface area contributed by atoms with Gasteiger partial charge < -0.3 is 4.74 Å². The summed E-state index contributed by atoms with van der Waals surface area (Å²) in [6.45, 7) is 2.09. The van der Waals surface area contributed by atoms with Crippen molar-refractivity contribution in [3.63, 3.8) is 0 Å². The minimum atomic E-state index is 0.275. The molecule has 0 spiro atoms. The lowest BCUT2D eigenvalue weighted by molar-refractivity contribution is 0.414. The molecule has 18 heavy (non-hydrogen) atoms. The first kappa shape index (κ1) is 13.1. The molecule has 2 aromatic rings. The molecule has 0 aliphatic rings. The van der Waals surface area contributed by atoms with Gasteiger partial charge in [0.15, 0.2) is 0 Å². The van der Waals surface area contributed by atoms with Crippen LogP contribution in [0, 0.1) is 6.92 Å². The predicted molar refractivity (Wildman–Crippen MR) is 77.3 cm³/mol. The molecule has 0 aliphatic carbocycles. The van der Waals surface area contributed by atoms with E-state index in [9.17, 15) is 0 Å². The van der Waals surface area contributed by atoms with E-state index in [1.807, 2.05) is 24.4 Å². The quantitative estimate of drug-likeness (QED) is 0.794. The molecule has 0 saturated heterocycles. The summed E-state index contributed by atoms with van der Waals surface area (Å²) in [5.41, 5.74) is 3.60. The number of ether oxygens (including phenoxy) is 1. The lowest BCUT2D eigenvalue weighted by Crippen LogP contribution is -2.00. The van der Waals surface area contributed by atoms with Gasteiger partial charge >= 0.3 is 0 Å². The third-order valence-corrected chi connectivity index (χ3v) is 3.82. The normalized spacial score (nSPS) is 12.2. The van der Waals surface area contributed by atoms with Crippen LogP contribution in [0.3, 0.4) is 0 Å². The van der Waals surface area contributed by atoms with E-state index in [0.717, 1.165) is 17.9 Å². The SMILES string of the molecule is COc1ccc(C(Br)Cc2ncccc2C)cc1. The molecular weight excluding hydrogens is 290 g/mol. The largest absolute Gasteiger partial charge is 0.497 e. The van der Waals surface area contributed by atoms with Crippen LogP contribution in [-0.4, -0.2) is 12.1 Å². The monoisotopic (exact) mass is 305 g/mol. The summed E-state index contributed by atoms with van der Waals surface area (Å²) in [4.78, 5) is 4.70. The Balaban J connectivity index is 2.11. The van der Waals surface area contributed by atoms with Gasteiger partial charge in [-0.05, 0) is 36.2 Å². The molecular formula is C15H16BrNO. The van der Waals surface area contributed by atoms with Crippen molar-refractivity contribution >= 4 is 15.9 Å². The van der Waals surface area contributed by atoms with Crippen LogP contribution in [0.1, 0.15) is 21.6 Å². The van der Waals surface area contributed by atoms with Crippen molar-refractivity contribution in [3.05, 3.63) is 59.4 Å². The number of alkyl halides is 1. The lowest BCUT2D eigenvalue weighted by Gasteiger charge is -2.12. The number of halogens is 1. The number of aromatic nitrogens is 1. The van der Waals surface area contributed by atoms with Gasteiger partial charge in [0, 0.05) is 23.1 Å². The third kappa shape index (κ3) is 3.10. The van der Waals surface area contributed by atoms with E-state index in [1.54, 1.807) is 7.11 Å². The minimum absolute atomic E-state index is 0.275. The molecule has 1 heterocycles. The molecule has 0 bridgehead atoms. The summed E-state index contributed by atoms with van der Waals surface area (Å²) >= 11 is 3.72. The van der Waals surface area contributed by atoms with Crippen molar-refractivity contribution in [2.75, 3.05) is 7.11 Å². The zero-order valence-electron chi connectivity index (χ0n) is 10.6. The van der Waals surface area contributed by atoms with Crippen molar-refractivity contribution in [1.82, 2.24) is 4.98 Å². The molecule has 1 unspecified atom stereocenters. The molecule has 0 saturated carbocycles. The Morgan fingerprint density at radius 3 is 2.56 bits per heavy atom. The first-order valence-corrected chi connectivity index (χ1v) is 6.81. The van der Waals surface area contributed by atoms with Gasteiger partial charge in [-0.25, -0.2) is 0 Å². The Morgan fingerprint density at radius 1 is 1.22 bits per heavy atom. The fourth-order valence-electron chi connectivity index (χ4n) is 1.83. The second kappa shape index (κ2) is 6.01. The molecule has 1 aromatic heterocycles. The van der Waals surface area contributed by atoms with Gasteiger partial charge in [-0.1, -0.05) is 34.1 Å². The molecule has 0 amide bonds. The second-order valence-electron chi connectivity index (χ2n) is 4.21. The number of benzene rings is 1. The average Bonchev–Trinajstić information content (AvgIpc) is 2.41. The first-order chi connectivity index (χ1) is 8.70. The van der Waals surface area contributed by atoms with E-state index in [4.69, 9.17) is 4.74 Å². The molecule has 94 valence electrons. The molecule has 0 aliphatic heterocycles. The molecule has 1 aromatic carbocycles. The zero-order valence-corrected chi connectivity index (χ0v) is 12.1. The Labute approximate surface area is 116 Å². The highest BCUT2D eigenvalue weighted by atomic mass is 79.9. The summed E-state index contributed by atoms with van der Waals surface area (Å²) in [6, 6.07) is 12.2. The maximum absolute atomic E-state index is 5.16. The standard InChI is InChI=1S/C15H16BrNO/c1-11-4-3-9-17-15(11)10-14(16)12-5-7-13(18-2)8-6-12/h3-9,14H,10H2,1-2H3. The molecule has 0 fully saturated rings. The number of pyridine rings is 1. The maximum Gasteiger partial charge on any atom is 0.118 e. The zero-order chi connectivity index (χ0) is 13.0. The summed E-state index contributed by atoms with van der Waals surface area (Å²) in [5.74, 6) is 0.882. The predicted octanol–water partition coefficient (Wildman–Crippen LogP) is 4.08. The average molecular weight is 306 g/mol. The topological polar surface area (TPSA) is 22.1 Å². The minimum Gasteiger partial charge on any atom is -0.497 e. The summed E-state index contributed by atoms with van der Waals surface area (Å²) in [5, 5.41) is 0. The van der Waals surface area contributed by atoms with Crippen molar-refractivity contribution in [2.24, 2.45) is 0 Å². The number of nitrogens with zero attached hydrogens (tertiary/aromatic N) is 1. The summed E-state index contributed by atoms with van der Waals surface area (Å²) in [7, 11) is 1.68. The number of hydrogen-bond donors (Lipinski definition) is 0. The highest BCUT2D eigenvalue weighted by Gasteiger charge is 2.10. The van der Waals surface area contributed by atoms with Crippen molar-refractivity contribution in [3.8, 4) is 5.75 Å². The number of aryl methyl sites for hydroxylation is 1. The highest BCUT2D eigenvalue weighted by Crippen LogP contribution is 2.28. The van der Waals surface area contributed by atoms with Crippen LogP contribution in [0.5, 0.6) is 5.75 Å². The van der Waals surface area contributed by atoms with E-state index in [1.165, 1.54) is 11.1 Å². The van der Waals surface area contributed by atoms with Gasteiger partial charge in [-0.3, -0.25) is 4.98 Å². The summed E-state index contributed by atoms with van der Waals surface area (Å²) in [6.07, 6.45) is 2.73. The molecule has 2 rings (SSSR count). The van der Waals surface area contributed by atoms with Crippen LogP contribution >= 0.6 is 15.9 Å². The first-order valence-electron chi connectivity index (χ1n) is 5.89. The van der Waals surface area contributed by atoms with Gasteiger partial charge in [0.25, 0.3) is 0 Å². The smallest absolute Gasteiger partial charge is 0.118 e. The Hall–Kier alpha value is -1.35. The molecule has 2 nitrogen and oxygen atoms in total. The van der Waals surface area contributed by atoms with Crippen LogP contribution in [-0.2, 0) is 6.42 Å². The Kier molecular flexibility index (Phi) is 4.37. The van der Waals surface area contributed by atoms with Gasteiger partial charge in [0.05, 0.1) is 7.11 Å². The maximum atomic E-state index is 5.16. The fourth-order valence-corrected chi connectivity index (χ4v) is 2.44.